The van der Waals surface area contributed by atoms with Crippen LogP contribution in [0.3, 0.4) is 0 Å². The van der Waals surface area contributed by atoms with Gasteiger partial charge in [-0.15, -0.1) is 0 Å². The third-order valence-corrected chi connectivity index (χ3v) is 14.6. The number of hydrogen-bond donors (Lipinski definition) is 1. The lowest BCUT2D eigenvalue weighted by molar-refractivity contribution is -0.870. The zero-order valence-corrected chi connectivity index (χ0v) is 51.4. The highest BCUT2D eigenvalue weighted by atomic mass is 16.7. The second-order valence-corrected chi connectivity index (χ2v) is 23.4. The van der Waals surface area contributed by atoms with Crippen molar-refractivity contribution in [1.29, 1.82) is 0 Å². The highest BCUT2D eigenvalue weighted by Gasteiger charge is 2.25. The van der Waals surface area contributed by atoms with Crippen molar-refractivity contribution >= 4 is 17.9 Å². The molecule has 9 nitrogen and oxygen atoms in total. The monoisotopic (exact) mass is 1080 g/mol. The first-order chi connectivity index (χ1) is 37.6. The summed E-state index contributed by atoms with van der Waals surface area (Å²) in [5.41, 5.74) is 0. The molecule has 0 heterocycles. The van der Waals surface area contributed by atoms with Crippen LogP contribution in [-0.2, 0) is 33.3 Å². The number of likely N-dealkylation sites (N-methyl/N-ethyl adjacent to an activating group) is 1. The molecule has 0 aliphatic heterocycles. The van der Waals surface area contributed by atoms with Gasteiger partial charge in [-0.05, 0) is 51.4 Å². The Kier molecular flexibility index (Phi) is 57.3. The summed E-state index contributed by atoms with van der Waals surface area (Å²) in [6, 6.07) is 0. The number of nitrogens with zero attached hydrogens (tertiary/aromatic N) is 1. The molecule has 0 saturated heterocycles. The van der Waals surface area contributed by atoms with Crippen LogP contribution in [0.15, 0.2) is 48.6 Å². The number of carbonyl (C=O) groups excluding carboxylic acids is 2. The molecular weight excluding hydrogens is 959 g/mol. The number of carboxylic acids is 1. The van der Waals surface area contributed by atoms with Gasteiger partial charge in [0.1, 0.15) is 13.2 Å². The maximum Gasteiger partial charge on any atom is 0.361 e. The number of carboxylic acid groups (broad SMARTS) is 1. The van der Waals surface area contributed by atoms with E-state index in [9.17, 15) is 19.5 Å². The highest BCUT2D eigenvalue weighted by molar-refractivity contribution is 5.71. The van der Waals surface area contributed by atoms with E-state index in [1.54, 1.807) is 0 Å². The van der Waals surface area contributed by atoms with E-state index in [1.807, 2.05) is 21.1 Å². The van der Waals surface area contributed by atoms with Crippen molar-refractivity contribution in [2.24, 2.45) is 0 Å². The Labute approximate surface area is 476 Å². The molecule has 0 aromatic rings. The zero-order chi connectivity index (χ0) is 56.2. The van der Waals surface area contributed by atoms with Crippen molar-refractivity contribution in [2.45, 2.75) is 322 Å². The van der Waals surface area contributed by atoms with E-state index in [0.29, 0.717) is 17.4 Å². The molecule has 9 heteroatoms. The lowest BCUT2D eigenvalue weighted by Gasteiger charge is -2.25. The fourth-order valence-corrected chi connectivity index (χ4v) is 9.60. The molecule has 0 bridgehead atoms. The Morgan fingerprint density at radius 2 is 0.740 bits per heavy atom. The Morgan fingerprint density at radius 1 is 0.403 bits per heavy atom. The minimum Gasteiger partial charge on any atom is -0.477 e. The SMILES string of the molecule is CC/C=C\C/C=C\C/C=C\C/C=C\CCCCCCCCCCCCCCCCCCCCCCCCCCC(=O)OC(COC(=O)CCCCCCCCCCCCCCCCC)COC(OCC[N+](C)(C)C)C(=O)O. The van der Waals surface area contributed by atoms with Crippen LogP contribution in [0, 0.1) is 0 Å². The van der Waals surface area contributed by atoms with Crippen molar-refractivity contribution < 1.29 is 42.9 Å². The number of aliphatic carboxylic acids is 1. The average molecular weight is 1090 g/mol. The minimum atomic E-state index is -1.51. The van der Waals surface area contributed by atoms with Crippen molar-refractivity contribution in [2.75, 3.05) is 47.5 Å². The minimum absolute atomic E-state index is 0.176. The fraction of sp³-hybridized carbons (Fsp3) is 0.838. The lowest BCUT2D eigenvalue weighted by atomic mass is 10.0. The van der Waals surface area contributed by atoms with Gasteiger partial charge < -0.3 is 28.5 Å². The maximum absolute atomic E-state index is 12.9. The van der Waals surface area contributed by atoms with Crippen molar-refractivity contribution in [3.05, 3.63) is 48.6 Å². The fourth-order valence-electron chi connectivity index (χ4n) is 9.60. The number of quaternary nitrogens is 1. The third-order valence-electron chi connectivity index (χ3n) is 14.6. The van der Waals surface area contributed by atoms with E-state index in [1.165, 1.54) is 218 Å². The van der Waals surface area contributed by atoms with Crippen LogP contribution in [0.1, 0.15) is 309 Å². The smallest absolute Gasteiger partial charge is 0.361 e. The standard InChI is InChI=1S/C68H125NO8/c1-6-8-10-12-14-16-18-20-22-23-24-25-26-27-28-29-30-31-32-33-34-35-36-37-38-39-40-41-42-43-45-47-49-51-53-55-57-59-66(71)77-64(63-76-68(67(72)73)74-61-60-69(3,4)5)62-75-65(70)58-56-54-52-50-48-46-44-21-19-17-15-13-11-9-7-2/h8,10,14,16,20,22,24-25,64,68H,6-7,9,11-13,15,17-19,21,23,26-63H2,1-5H3/p+1/b10-8-,16-14-,22-20-,25-24-. The van der Waals surface area contributed by atoms with Gasteiger partial charge in [0.25, 0.3) is 6.29 Å². The van der Waals surface area contributed by atoms with Crippen molar-refractivity contribution in [1.82, 2.24) is 0 Å². The van der Waals surface area contributed by atoms with Crippen LogP contribution in [0.5, 0.6) is 0 Å². The van der Waals surface area contributed by atoms with Gasteiger partial charge in [-0.1, -0.05) is 294 Å². The number of carbonyl (C=O) groups is 3. The van der Waals surface area contributed by atoms with Crippen molar-refractivity contribution in [3.63, 3.8) is 0 Å². The molecule has 1 N–H and O–H groups in total. The van der Waals surface area contributed by atoms with Crippen LogP contribution < -0.4 is 0 Å². The van der Waals surface area contributed by atoms with E-state index >= 15 is 0 Å². The largest absolute Gasteiger partial charge is 0.477 e. The molecule has 0 aromatic carbocycles. The van der Waals surface area contributed by atoms with Gasteiger partial charge in [-0.25, -0.2) is 4.79 Å². The number of esters is 2. The van der Waals surface area contributed by atoms with E-state index in [4.69, 9.17) is 18.9 Å². The van der Waals surface area contributed by atoms with Gasteiger partial charge in [0.2, 0.25) is 0 Å². The lowest BCUT2D eigenvalue weighted by Crippen LogP contribution is -2.40. The topological polar surface area (TPSA) is 108 Å². The van der Waals surface area contributed by atoms with Crippen LogP contribution in [0.25, 0.3) is 0 Å². The summed E-state index contributed by atoms with van der Waals surface area (Å²) in [5.74, 6) is -1.98. The molecule has 0 aliphatic rings. The van der Waals surface area contributed by atoms with Gasteiger partial charge in [0, 0.05) is 12.8 Å². The summed E-state index contributed by atoms with van der Waals surface area (Å²) < 4.78 is 22.9. The predicted octanol–water partition coefficient (Wildman–Crippen LogP) is 19.8. The normalized spacial score (nSPS) is 13.0. The molecule has 0 aromatic heterocycles. The van der Waals surface area contributed by atoms with Crippen LogP contribution >= 0.6 is 0 Å². The molecule has 2 atom stereocenters. The van der Waals surface area contributed by atoms with E-state index in [2.05, 4.69) is 62.5 Å². The van der Waals surface area contributed by atoms with Gasteiger partial charge in [0.15, 0.2) is 6.10 Å². The molecule has 0 radical (unpaired) electrons. The second-order valence-electron chi connectivity index (χ2n) is 23.4. The van der Waals surface area contributed by atoms with E-state index in [0.717, 1.165) is 64.2 Å². The summed E-state index contributed by atoms with van der Waals surface area (Å²) in [4.78, 5) is 37.5. The van der Waals surface area contributed by atoms with Gasteiger partial charge in [0.05, 0.1) is 34.4 Å². The quantitative estimate of drug-likeness (QED) is 0.0211. The number of ether oxygens (including phenoxy) is 4. The number of allylic oxidation sites excluding steroid dienone is 8. The zero-order valence-electron chi connectivity index (χ0n) is 51.4. The Hall–Kier alpha value is -2.75. The summed E-state index contributed by atoms with van der Waals surface area (Å²) in [5, 5.41) is 9.71. The molecule has 2 unspecified atom stereocenters. The first-order valence-corrected chi connectivity index (χ1v) is 32.8. The molecular formula is C68H126NO8+. The Morgan fingerprint density at radius 3 is 1.10 bits per heavy atom. The number of hydrogen-bond acceptors (Lipinski definition) is 7. The maximum atomic E-state index is 12.9. The highest BCUT2D eigenvalue weighted by Crippen LogP contribution is 2.18. The molecule has 0 fully saturated rings. The molecule has 0 saturated carbocycles. The number of unbranched alkanes of at least 4 members (excludes halogenated alkanes) is 38. The summed E-state index contributed by atoms with van der Waals surface area (Å²) in [6.45, 7) is 4.81. The van der Waals surface area contributed by atoms with Crippen LogP contribution in [0.2, 0.25) is 0 Å². The Balaban J connectivity index is 3.97. The van der Waals surface area contributed by atoms with Gasteiger partial charge in [-0.2, -0.15) is 0 Å². The second kappa shape index (κ2) is 59.4. The molecule has 77 heavy (non-hydrogen) atoms. The van der Waals surface area contributed by atoms with Crippen molar-refractivity contribution in [3.8, 4) is 0 Å². The van der Waals surface area contributed by atoms with Gasteiger partial charge in [-0.3, -0.25) is 9.59 Å². The molecule has 0 aliphatic carbocycles. The summed E-state index contributed by atoms with van der Waals surface area (Å²) in [6.07, 6.45) is 72.3. The first-order valence-electron chi connectivity index (χ1n) is 32.8. The molecule has 0 rings (SSSR count). The summed E-state index contributed by atoms with van der Waals surface area (Å²) >= 11 is 0. The summed E-state index contributed by atoms with van der Waals surface area (Å²) in [7, 11) is 5.98. The average Bonchev–Trinajstić information content (AvgIpc) is 3.40. The van der Waals surface area contributed by atoms with E-state index < -0.39 is 18.4 Å². The third kappa shape index (κ3) is 60.7. The first kappa shape index (κ1) is 74.2. The van der Waals surface area contributed by atoms with Gasteiger partial charge >= 0.3 is 17.9 Å². The Bertz CT molecular complexity index is 1400. The predicted molar refractivity (Wildman–Crippen MR) is 327 cm³/mol. The van der Waals surface area contributed by atoms with Crippen LogP contribution in [-0.4, -0.2) is 87.4 Å². The van der Waals surface area contributed by atoms with Crippen LogP contribution in [0.4, 0.5) is 0 Å². The van der Waals surface area contributed by atoms with E-state index in [-0.39, 0.29) is 38.2 Å². The molecule has 450 valence electrons. The molecule has 0 spiro atoms. The number of rotatable bonds is 61. The molecule has 0 amide bonds.